The first-order valence-corrected chi connectivity index (χ1v) is 6.49. The van der Waals surface area contributed by atoms with Crippen molar-refractivity contribution in [3.8, 4) is 0 Å². The molecule has 98 valence electrons. The Bertz CT molecular complexity index is 412. The molecule has 0 aromatic rings. The van der Waals surface area contributed by atoms with Gasteiger partial charge in [-0.1, -0.05) is 0 Å². The lowest BCUT2D eigenvalue weighted by Gasteiger charge is -2.21. The average molecular weight is 275 g/mol. The number of carbonyl (C=O) groups excluding carboxylic acids is 2. The van der Waals surface area contributed by atoms with Crippen LogP contribution in [0.15, 0.2) is 12.3 Å². The summed E-state index contributed by atoms with van der Waals surface area (Å²) in [5.41, 5.74) is 0. The van der Waals surface area contributed by atoms with Crippen molar-refractivity contribution in [3.63, 3.8) is 0 Å². The van der Waals surface area contributed by atoms with E-state index in [0.717, 1.165) is 0 Å². The Hall–Kier alpha value is -1.18. The number of imide groups is 1. The number of amides is 3. The van der Waals surface area contributed by atoms with Gasteiger partial charge in [0.05, 0.1) is 12.2 Å². The Labute approximate surface area is 103 Å². The molecule has 0 aliphatic carbocycles. The third-order valence-electron chi connectivity index (χ3n) is 2.73. The molecule has 0 spiro atoms. The van der Waals surface area contributed by atoms with E-state index in [2.05, 4.69) is 9.84 Å². The summed E-state index contributed by atoms with van der Waals surface area (Å²) in [7, 11) is -2.88. The summed E-state index contributed by atoms with van der Waals surface area (Å²) >= 11 is 0. The van der Waals surface area contributed by atoms with Gasteiger partial charge in [0, 0.05) is 6.42 Å². The van der Waals surface area contributed by atoms with Crippen molar-refractivity contribution in [3.05, 3.63) is 12.3 Å². The predicted molar refractivity (Wildman–Crippen MR) is 55.1 cm³/mol. The second-order valence-corrected chi connectivity index (χ2v) is 4.66. The van der Waals surface area contributed by atoms with Gasteiger partial charge in [-0.3, -0.25) is 4.79 Å². The zero-order valence-corrected chi connectivity index (χ0v) is 10.2. The van der Waals surface area contributed by atoms with E-state index in [0.29, 0.717) is 17.7 Å². The lowest BCUT2D eigenvalue weighted by molar-refractivity contribution is -0.818. The SMILES string of the molecule is O=C1C=C[NH+]([C@H]2CC[C@@H](CO[P+](=O)[O-])O2)C(=O)N1. The number of ether oxygens (including phenoxy) is 1. The molecular weight excluding hydrogens is 263 g/mol. The van der Waals surface area contributed by atoms with Crippen molar-refractivity contribution in [2.24, 2.45) is 0 Å². The summed E-state index contributed by atoms with van der Waals surface area (Å²) < 4.78 is 20.2. The summed E-state index contributed by atoms with van der Waals surface area (Å²) in [6, 6.07) is -0.469. The van der Waals surface area contributed by atoms with Gasteiger partial charge in [0.2, 0.25) is 6.23 Å². The summed E-state index contributed by atoms with van der Waals surface area (Å²) in [5.74, 6) is -0.454. The molecule has 0 aromatic heterocycles. The van der Waals surface area contributed by atoms with Gasteiger partial charge in [0.25, 0.3) is 5.91 Å². The first kappa shape index (κ1) is 13.3. The number of hydrogen-bond donors (Lipinski definition) is 2. The van der Waals surface area contributed by atoms with Crippen LogP contribution in [0.25, 0.3) is 0 Å². The average Bonchev–Trinajstić information content (AvgIpc) is 2.75. The molecular formula is C9H12N2O6P+. The molecule has 2 heterocycles. The normalized spacial score (nSPS) is 32.5. The Kier molecular flexibility index (Phi) is 4.15. The van der Waals surface area contributed by atoms with Crippen LogP contribution in [0.1, 0.15) is 12.8 Å². The minimum Gasteiger partial charge on any atom is -0.566 e. The van der Waals surface area contributed by atoms with Crippen molar-refractivity contribution in [1.82, 2.24) is 5.32 Å². The van der Waals surface area contributed by atoms with Crippen molar-refractivity contribution in [2.75, 3.05) is 6.61 Å². The van der Waals surface area contributed by atoms with E-state index in [1.807, 2.05) is 0 Å². The fourth-order valence-electron chi connectivity index (χ4n) is 1.92. The van der Waals surface area contributed by atoms with E-state index in [4.69, 9.17) is 4.74 Å². The maximum atomic E-state index is 11.5. The second-order valence-electron chi connectivity index (χ2n) is 3.95. The van der Waals surface area contributed by atoms with Crippen molar-refractivity contribution in [1.29, 1.82) is 0 Å². The summed E-state index contributed by atoms with van der Waals surface area (Å²) in [6.45, 7) is -0.0489. The molecule has 2 rings (SSSR count). The van der Waals surface area contributed by atoms with Gasteiger partial charge in [0.15, 0.2) is 0 Å². The van der Waals surface area contributed by atoms with Crippen molar-refractivity contribution >= 4 is 20.2 Å². The molecule has 2 aliphatic rings. The number of rotatable bonds is 4. The van der Waals surface area contributed by atoms with E-state index in [1.165, 1.54) is 12.3 Å². The van der Waals surface area contributed by atoms with Crippen molar-refractivity contribution in [2.45, 2.75) is 25.2 Å². The standard InChI is InChI=1S/C9H11N2O6P/c12-7-3-4-11(9(13)10-7)8-2-1-6(17-8)5-16-18(14)15/h3-4,6,8H,1-2,5H2,(H,10,12,13)/p+1/t6-,8+/m0/s1. The van der Waals surface area contributed by atoms with Gasteiger partial charge in [-0.2, -0.15) is 0 Å². The lowest BCUT2D eigenvalue weighted by atomic mass is 10.2. The zero-order chi connectivity index (χ0) is 13.1. The van der Waals surface area contributed by atoms with Crippen LogP contribution in [0, 0.1) is 0 Å². The fourth-order valence-corrected chi connectivity index (χ4v) is 2.21. The summed E-state index contributed by atoms with van der Waals surface area (Å²) in [5, 5.41) is 2.16. The van der Waals surface area contributed by atoms with E-state index in [1.54, 1.807) is 0 Å². The number of urea groups is 1. The van der Waals surface area contributed by atoms with Gasteiger partial charge in [-0.25, -0.2) is 15.0 Å². The Balaban J connectivity index is 1.88. The van der Waals surface area contributed by atoms with E-state index >= 15 is 0 Å². The Morgan fingerprint density at radius 3 is 3.00 bits per heavy atom. The van der Waals surface area contributed by atoms with Crippen LogP contribution < -0.4 is 15.1 Å². The molecule has 3 amide bonds. The minimum atomic E-state index is -2.88. The number of nitrogens with one attached hydrogen (secondary N) is 2. The molecule has 18 heavy (non-hydrogen) atoms. The molecule has 1 fully saturated rings. The Morgan fingerprint density at radius 1 is 1.56 bits per heavy atom. The minimum absolute atomic E-state index is 0.0489. The van der Waals surface area contributed by atoms with Crippen LogP contribution in [-0.4, -0.2) is 30.9 Å². The van der Waals surface area contributed by atoms with Gasteiger partial charge in [-0.05, 0) is 11.0 Å². The van der Waals surface area contributed by atoms with Gasteiger partial charge < -0.3 is 9.63 Å². The Morgan fingerprint density at radius 2 is 2.33 bits per heavy atom. The zero-order valence-electron chi connectivity index (χ0n) is 9.33. The van der Waals surface area contributed by atoms with Crippen LogP contribution >= 0.6 is 8.25 Å². The topological polar surface area (TPSA) is 109 Å². The molecule has 4 atom stereocenters. The molecule has 1 saturated heterocycles. The first-order chi connectivity index (χ1) is 8.56. The van der Waals surface area contributed by atoms with Crippen LogP contribution in [0.3, 0.4) is 0 Å². The molecule has 0 radical (unpaired) electrons. The molecule has 2 aliphatic heterocycles. The van der Waals surface area contributed by atoms with Crippen LogP contribution in [-0.2, 0) is 18.6 Å². The number of quaternary nitrogens is 1. The predicted octanol–water partition coefficient (Wildman–Crippen LogP) is -1.83. The molecule has 0 bridgehead atoms. The third-order valence-corrected chi connectivity index (χ3v) is 3.09. The molecule has 9 heteroatoms. The van der Waals surface area contributed by atoms with Gasteiger partial charge in [-0.15, -0.1) is 4.52 Å². The molecule has 0 aromatic carbocycles. The molecule has 8 nitrogen and oxygen atoms in total. The highest BCUT2D eigenvalue weighted by Gasteiger charge is 2.39. The van der Waals surface area contributed by atoms with Crippen LogP contribution in [0.5, 0.6) is 0 Å². The molecule has 0 saturated carbocycles. The van der Waals surface area contributed by atoms with E-state index in [-0.39, 0.29) is 12.7 Å². The maximum Gasteiger partial charge on any atom is 0.488 e. The lowest BCUT2D eigenvalue weighted by Crippen LogP contribution is -3.16. The smallest absolute Gasteiger partial charge is 0.488 e. The summed E-state index contributed by atoms with van der Waals surface area (Å²) in [6.07, 6.45) is 3.11. The van der Waals surface area contributed by atoms with Gasteiger partial charge >= 0.3 is 14.3 Å². The second kappa shape index (κ2) is 5.64. The molecule has 2 N–H and O–H groups in total. The van der Waals surface area contributed by atoms with Crippen LogP contribution in [0.4, 0.5) is 4.79 Å². The third kappa shape index (κ3) is 3.18. The highest BCUT2D eigenvalue weighted by atomic mass is 31.1. The molecule has 2 unspecified atom stereocenters. The summed E-state index contributed by atoms with van der Waals surface area (Å²) in [4.78, 5) is 33.1. The number of carbonyl (C=O) groups is 2. The number of hydrogen-bond acceptors (Lipinski definition) is 6. The van der Waals surface area contributed by atoms with E-state index < -0.39 is 26.4 Å². The fraction of sp³-hybridized carbons (Fsp3) is 0.556. The quantitative estimate of drug-likeness (QED) is 0.584. The van der Waals surface area contributed by atoms with Crippen molar-refractivity contribution < 1.29 is 33.2 Å². The monoisotopic (exact) mass is 275 g/mol. The van der Waals surface area contributed by atoms with Gasteiger partial charge in [0.1, 0.15) is 12.8 Å². The highest BCUT2D eigenvalue weighted by molar-refractivity contribution is 7.30. The highest BCUT2D eigenvalue weighted by Crippen LogP contribution is 2.20. The first-order valence-electron chi connectivity index (χ1n) is 5.39. The van der Waals surface area contributed by atoms with Crippen LogP contribution in [0.2, 0.25) is 0 Å². The van der Waals surface area contributed by atoms with E-state index in [9.17, 15) is 19.0 Å². The maximum absolute atomic E-state index is 11.5. The largest absolute Gasteiger partial charge is 0.566 e.